The predicted molar refractivity (Wildman–Crippen MR) is 104 cm³/mol. The summed E-state index contributed by atoms with van der Waals surface area (Å²) in [5.74, 6) is 1.88. The molecule has 2 unspecified atom stereocenters. The summed E-state index contributed by atoms with van der Waals surface area (Å²) in [7, 11) is 1.62. The largest absolute Gasteiger partial charge is 0.493 e. The van der Waals surface area contributed by atoms with Gasteiger partial charge in [-0.05, 0) is 26.8 Å². The summed E-state index contributed by atoms with van der Waals surface area (Å²) >= 11 is 11.7. The second-order valence-electron chi connectivity index (χ2n) is 7.19. The molecule has 4 rings (SSSR count). The van der Waals surface area contributed by atoms with Gasteiger partial charge < -0.3 is 14.2 Å². The Hall–Kier alpha value is -1.31. The lowest BCUT2D eigenvalue weighted by molar-refractivity contribution is -0.0182. The molecule has 0 saturated heterocycles. The molecule has 3 heterocycles. The minimum absolute atomic E-state index is 0.0309. The number of benzene rings is 1. The van der Waals surface area contributed by atoms with E-state index in [4.69, 9.17) is 37.4 Å². The van der Waals surface area contributed by atoms with Crippen LogP contribution in [0, 0.1) is 12.8 Å². The van der Waals surface area contributed by atoms with Crippen LogP contribution in [0.4, 0.5) is 4.39 Å². The van der Waals surface area contributed by atoms with E-state index in [1.807, 2.05) is 39.0 Å². The molecule has 0 saturated carbocycles. The van der Waals surface area contributed by atoms with Gasteiger partial charge in [0.25, 0.3) is 0 Å². The van der Waals surface area contributed by atoms with Crippen LogP contribution in [-0.2, 0) is 0 Å². The van der Waals surface area contributed by atoms with Gasteiger partial charge in [0.1, 0.15) is 5.60 Å². The first-order valence-corrected chi connectivity index (χ1v) is 10.00. The number of hydrogen-bond acceptors (Lipinski definition) is 5. The van der Waals surface area contributed by atoms with Crippen LogP contribution >= 0.6 is 35.1 Å². The molecule has 9 heteroatoms. The van der Waals surface area contributed by atoms with E-state index in [2.05, 4.69) is 5.10 Å². The van der Waals surface area contributed by atoms with Crippen molar-refractivity contribution in [3.63, 3.8) is 0 Å². The monoisotopic (exact) mass is 432 g/mol. The van der Waals surface area contributed by atoms with Crippen molar-refractivity contribution in [2.45, 2.75) is 36.2 Å². The van der Waals surface area contributed by atoms with E-state index in [1.54, 1.807) is 7.11 Å². The van der Waals surface area contributed by atoms with Gasteiger partial charge in [0.2, 0.25) is 5.88 Å². The molecular formula is C18H19Cl2FN2O3S. The lowest BCUT2D eigenvalue weighted by Crippen LogP contribution is -2.49. The topological polar surface area (TPSA) is 45.5 Å². The van der Waals surface area contributed by atoms with Crippen LogP contribution in [0.2, 0.25) is 0 Å². The summed E-state index contributed by atoms with van der Waals surface area (Å²) in [6, 6.07) is 5.83. The number of aryl methyl sites for hydroxylation is 1. The van der Waals surface area contributed by atoms with Crippen LogP contribution < -0.4 is 14.2 Å². The number of rotatable bonds is 3. The van der Waals surface area contributed by atoms with E-state index in [1.165, 1.54) is 4.09 Å². The molecule has 1 aromatic heterocycles. The fourth-order valence-electron chi connectivity index (χ4n) is 3.97. The maximum absolute atomic E-state index is 13.9. The highest BCUT2D eigenvalue weighted by Gasteiger charge is 2.51. The van der Waals surface area contributed by atoms with Crippen LogP contribution in [0.1, 0.15) is 36.6 Å². The summed E-state index contributed by atoms with van der Waals surface area (Å²) in [6.07, 6.45) is 0. The average Bonchev–Trinajstić information content (AvgIpc) is 2.86. The van der Waals surface area contributed by atoms with Crippen LogP contribution in [0.5, 0.6) is 17.4 Å². The number of ether oxygens (including phenoxy) is 3. The molecular weight excluding hydrogens is 414 g/mol. The molecule has 2 aliphatic rings. The van der Waals surface area contributed by atoms with Crippen molar-refractivity contribution in [1.29, 1.82) is 0 Å². The molecule has 0 spiro atoms. The van der Waals surface area contributed by atoms with Crippen molar-refractivity contribution in [1.82, 2.24) is 9.19 Å². The Bertz CT molecular complexity index is 897. The number of alkyl halides is 3. The van der Waals surface area contributed by atoms with Gasteiger partial charge in [0.05, 0.1) is 31.4 Å². The van der Waals surface area contributed by atoms with E-state index in [0.717, 1.165) is 22.6 Å². The number of nitrogens with zero attached hydrogens (tertiary/aromatic N) is 2. The highest BCUT2D eigenvalue weighted by molar-refractivity contribution is 8.01. The van der Waals surface area contributed by atoms with Gasteiger partial charge in [-0.25, -0.2) is 0 Å². The smallest absolute Gasteiger partial charge is 0.325 e. The number of fused-ring (bicyclic) bond motifs is 5. The molecule has 2 atom stereocenters. The lowest BCUT2D eigenvalue weighted by Gasteiger charge is -2.46. The molecule has 1 aromatic carbocycles. The molecule has 0 N–H and O–H groups in total. The maximum Gasteiger partial charge on any atom is 0.325 e. The van der Waals surface area contributed by atoms with Crippen molar-refractivity contribution in [3.05, 3.63) is 35.0 Å². The Morgan fingerprint density at radius 1 is 1.41 bits per heavy atom. The third-order valence-electron chi connectivity index (χ3n) is 5.16. The van der Waals surface area contributed by atoms with E-state index in [0.29, 0.717) is 30.2 Å². The summed E-state index contributed by atoms with van der Waals surface area (Å²) in [5.41, 5.74) is 2.05. The van der Waals surface area contributed by atoms with Gasteiger partial charge in [0.15, 0.2) is 11.5 Å². The highest BCUT2D eigenvalue weighted by atomic mass is 35.5. The van der Waals surface area contributed by atoms with Crippen LogP contribution in [0.3, 0.4) is 0 Å². The number of hydrogen-bond donors (Lipinski definition) is 0. The quantitative estimate of drug-likeness (QED) is 0.633. The fraction of sp³-hybridized carbons (Fsp3) is 0.500. The third kappa shape index (κ3) is 3.13. The van der Waals surface area contributed by atoms with Crippen molar-refractivity contribution in [3.8, 4) is 17.4 Å². The van der Waals surface area contributed by atoms with Crippen molar-refractivity contribution in [2.24, 2.45) is 5.92 Å². The first-order valence-electron chi connectivity index (χ1n) is 8.47. The first kappa shape index (κ1) is 19.0. The SMILES string of the molecule is COc1cccc2c1OCC1C2c2c(C)nn(SC(F)(Cl)Cl)c2OC1(C)C. The Kier molecular flexibility index (Phi) is 4.48. The van der Waals surface area contributed by atoms with E-state index >= 15 is 0 Å². The molecule has 5 nitrogen and oxygen atoms in total. The minimum Gasteiger partial charge on any atom is -0.493 e. The fourth-order valence-corrected chi connectivity index (χ4v) is 4.94. The summed E-state index contributed by atoms with van der Waals surface area (Å²) in [4.78, 5) is 0. The zero-order valence-corrected chi connectivity index (χ0v) is 17.6. The number of para-hydroxylation sites is 1. The first-order chi connectivity index (χ1) is 12.6. The van der Waals surface area contributed by atoms with Gasteiger partial charge in [-0.3, -0.25) is 0 Å². The van der Waals surface area contributed by atoms with Crippen LogP contribution in [0.25, 0.3) is 0 Å². The van der Waals surface area contributed by atoms with Gasteiger partial charge >= 0.3 is 3.92 Å². The lowest BCUT2D eigenvalue weighted by atomic mass is 9.70. The zero-order chi connectivity index (χ0) is 19.6. The maximum atomic E-state index is 13.9. The minimum atomic E-state index is -2.52. The molecule has 2 aromatic rings. The Morgan fingerprint density at radius 3 is 2.81 bits per heavy atom. The van der Waals surface area contributed by atoms with E-state index in [9.17, 15) is 4.39 Å². The Balaban J connectivity index is 1.92. The summed E-state index contributed by atoms with van der Waals surface area (Å²) < 4.78 is 30.4. The van der Waals surface area contributed by atoms with Crippen molar-refractivity contribution >= 4 is 35.1 Å². The Labute approximate surface area is 171 Å². The third-order valence-corrected chi connectivity index (χ3v) is 6.20. The van der Waals surface area contributed by atoms with Gasteiger partial charge in [-0.2, -0.15) is 13.6 Å². The highest BCUT2D eigenvalue weighted by Crippen LogP contribution is 2.56. The van der Waals surface area contributed by atoms with E-state index in [-0.39, 0.29) is 11.8 Å². The second kappa shape index (κ2) is 6.36. The van der Waals surface area contributed by atoms with Gasteiger partial charge in [-0.1, -0.05) is 35.3 Å². The van der Waals surface area contributed by atoms with Gasteiger partial charge in [0, 0.05) is 23.0 Å². The van der Waals surface area contributed by atoms with Crippen molar-refractivity contribution < 1.29 is 18.6 Å². The molecule has 0 radical (unpaired) electrons. The number of halogens is 3. The number of aromatic nitrogens is 2. The molecule has 0 bridgehead atoms. The molecule has 146 valence electrons. The molecule has 2 aliphatic heterocycles. The molecule has 0 fully saturated rings. The van der Waals surface area contributed by atoms with Crippen LogP contribution in [0.15, 0.2) is 18.2 Å². The molecule has 0 aliphatic carbocycles. The normalized spacial score (nSPS) is 22.8. The van der Waals surface area contributed by atoms with E-state index < -0.39 is 9.52 Å². The molecule has 0 amide bonds. The average molecular weight is 433 g/mol. The zero-order valence-electron chi connectivity index (χ0n) is 15.3. The van der Waals surface area contributed by atoms with Gasteiger partial charge in [-0.15, -0.1) is 0 Å². The summed E-state index contributed by atoms with van der Waals surface area (Å²) in [6.45, 7) is 6.32. The number of methoxy groups -OCH3 is 1. The standard InChI is InChI=1S/C18H19Cl2FN2O3S/c1-9-13-14-10-6-5-7-12(24-4)15(10)25-8-11(14)17(2,3)26-16(13)23(22-9)27-18(19,20)21/h5-7,11,14H,8H2,1-4H3. The van der Waals surface area contributed by atoms with Crippen molar-refractivity contribution in [2.75, 3.05) is 13.7 Å². The predicted octanol–water partition coefficient (Wildman–Crippen LogP) is 5.07. The second-order valence-corrected chi connectivity index (χ2v) is 9.97. The summed E-state index contributed by atoms with van der Waals surface area (Å²) in [5, 5.41) is 4.42. The molecule has 27 heavy (non-hydrogen) atoms. The van der Waals surface area contributed by atoms with Crippen LogP contribution in [-0.4, -0.2) is 32.4 Å². The Morgan fingerprint density at radius 2 is 2.15 bits per heavy atom.